The molecule has 0 N–H and O–H groups in total. The van der Waals surface area contributed by atoms with E-state index in [1.165, 1.54) is 66.7 Å². The average Bonchev–Trinajstić information content (AvgIpc) is 0.983. The molecule has 0 atom stereocenters. The lowest BCUT2D eigenvalue weighted by Gasteiger charge is -2.45. The summed E-state index contributed by atoms with van der Waals surface area (Å²) in [6.45, 7) is 30.2. The summed E-state index contributed by atoms with van der Waals surface area (Å²) >= 11 is 0. The van der Waals surface area contributed by atoms with Crippen LogP contribution in [0.2, 0.25) is 0 Å². The van der Waals surface area contributed by atoms with E-state index in [1.54, 1.807) is 0 Å². The van der Waals surface area contributed by atoms with Gasteiger partial charge in [0.15, 0.2) is 0 Å². The van der Waals surface area contributed by atoms with Gasteiger partial charge in [0.2, 0.25) is 0 Å². The van der Waals surface area contributed by atoms with E-state index >= 15 is 0 Å². The molecule has 2 aliphatic rings. The minimum atomic E-state index is -0.111. The highest BCUT2D eigenvalue weighted by molar-refractivity contribution is 7.00. The number of fused-ring (bicyclic) bond motifs is 4. The van der Waals surface area contributed by atoms with Gasteiger partial charge in [0.1, 0.15) is 0 Å². The van der Waals surface area contributed by atoms with Gasteiger partial charge in [-0.1, -0.05) is 204 Å². The van der Waals surface area contributed by atoms with Crippen LogP contribution in [-0.2, 0) is 21.7 Å². The summed E-state index contributed by atoms with van der Waals surface area (Å²) in [5.74, 6) is 0. The van der Waals surface area contributed by atoms with Gasteiger partial charge in [-0.2, -0.15) is 0 Å². The van der Waals surface area contributed by atoms with Crippen molar-refractivity contribution in [3.05, 3.63) is 258 Å². The van der Waals surface area contributed by atoms with Crippen LogP contribution in [0.15, 0.2) is 231 Å². The minimum absolute atomic E-state index is 0.00834. The van der Waals surface area contributed by atoms with Crippen molar-refractivity contribution in [3.63, 3.8) is 0 Å². The molecule has 0 aliphatic carbocycles. The second-order valence-corrected chi connectivity index (χ2v) is 26.9. The maximum Gasteiger partial charge on any atom is 0.252 e. The Hall–Kier alpha value is -8.54. The largest absolute Gasteiger partial charge is 0.311 e. The minimum Gasteiger partial charge on any atom is -0.311 e. The standard InChI is InChI=1S/C77H77BN4/c1-52-46-71-73-72(47-52)82(68-45-37-55(75(5,6)7)49-63(68)53-34-42-64(76(8,9)10)65(48-53)77(11,12)13)70-51-62(80(58-30-22-16-23-31-58)59-32-24-17-25-33-59)41-44-67(70)78(73)66-43-40-61(79(56-26-18-14-19-27-56)57-28-20-15-21-29-57)50-69(66)81(71)60-38-35-54(36-39-60)74(2,3)4/h14-51H,1-13H3. The highest BCUT2D eigenvalue weighted by Crippen LogP contribution is 2.51. The van der Waals surface area contributed by atoms with Crippen LogP contribution >= 0.6 is 0 Å². The molecule has 4 nitrogen and oxygen atoms in total. The molecule has 0 amide bonds. The molecule has 0 saturated heterocycles. The highest BCUT2D eigenvalue weighted by Gasteiger charge is 2.45. The lowest BCUT2D eigenvalue weighted by atomic mass is 9.33. The molecule has 82 heavy (non-hydrogen) atoms. The van der Waals surface area contributed by atoms with E-state index in [0.29, 0.717) is 0 Å². The first-order valence-electron chi connectivity index (χ1n) is 29.4. The van der Waals surface area contributed by atoms with Gasteiger partial charge in [0, 0.05) is 68.1 Å². The number of aryl methyl sites for hydroxylation is 1. The molecule has 10 aromatic carbocycles. The van der Waals surface area contributed by atoms with Crippen LogP contribution < -0.4 is 36.0 Å². The first-order chi connectivity index (χ1) is 39.1. The zero-order valence-electron chi connectivity index (χ0n) is 50.3. The molecule has 0 bridgehead atoms. The van der Waals surface area contributed by atoms with Crippen LogP contribution in [-0.4, -0.2) is 6.71 Å². The summed E-state index contributed by atoms with van der Waals surface area (Å²) in [7, 11) is 0. The SMILES string of the molecule is Cc1cc2c3c(c1)N(c1ccc(C(C)(C)C)cc1-c1ccc(C(C)(C)C)c(C(C)(C)C)c1)c1cc(N(c4ccccc4)c4ccccc4)ccc1B3c1ccc(N(c3ccccc3)c3ccccc3)cc1N2c1ccc(C(C)(C)C)cc1. The van der Waals surface area contributed by atoms with Gasteiger partial charge in [0.25, 0.3) is 6.71 Å². The molecule has 12 rings (SSSR count). The number of benzene rings is 10. The van der Waals surface area contributed by atoms with Crippen LogP contribution in [0.4, 0.5) is 68.2 Å². The molecular formula is C77H77BN4. The Morgan fingerprint density at radius 3 is 1.18 bits per heavy atom. The third-order valence-corrected chi connectivity index (χ3v) is 16.8. The summed E-state index contributed by atoms with van der Waals surface area (Å²) in [5, 5.41) is 0. The number of hydrogen-bond donors (Lipinski definition) is 0. The van der Waals surface area contributed by atoms with Gasteiger partial charge in [-0.15, -0.1) is 0 Å². The maximum absolute atomic E-state index is 2.64. The fourth-order valence-electron chi connectivity index (χ4n) is 12.6. The number of rotatable bonds is 9. The normalized spacial score (nSPS) is 13.1. The van der Waals surface area contributed by atoms with Gasteiger partial charge in [-0.3, -0.25) is 0 Å². The third kappa shape index (κ3) is 9.89. The third-order valence-electron chi connectivity index (χ3n) is 16.8. The molecule has 2 aliphatic heterocycles. The molecule has 408 valence electrons. The van der Waals surface area contributed by atoms with E-state index < -0.39 is 0 Å². The van der Waals surface area contributed by atoms with Gasteiger partial charge in [-0.25, -0.2) is 0 Å². The van der Waals surface area contributed by atoms with E-state index in [9.17, 15) is 0 Å². The molecule has 0 aromatic heterocycles. The highest BCUT2D eigenvalue weighted by atomic mass is 15.2. The zero-order valence-corrected chi connectivity index (χ0v) is 50.3. The molecule has 0 saturated carbocycles. The van der Waals surface area contributed by atoms with Gasteiger partial charge in [-0.05, 0) is 188 Å². The Morgan fingerprint density at radius 1 is 0.317 bits per heavy atom. The van der Waals surface area contributed by atoms with E-state index in [0.717, 1.165) is 56.9 Å². The average molecular weight is 1070 g/mol. The van der Waals surface area contributed by atoms with Gasteiger partial charge < -0.3 is 19.6 Å². The van der Waals surface area contributed by atoms with Crippen molar-refractivity contribution in [2.24, 2.45) is 0 Å². The van der Waals surface area contributed by atoms with Crippen molar-refractivity contribution < 1.29 is 0 Å². The molecule has 2 heterocycles. The van der Waals surface area contributed by atoms with Crippen molar-refractivity contribution >= 4 is 91.3 Å². The van der Waals surface area contributed by atoms with Crippen LogP contribution in [0.1, 0.15) is 111 Å². The van der Waals surface area contributed by atoms with Crippen LogP contribution in [0.25, 0.3) is 11.1 Å². The molecule has 10 aromatic rings. The van der Waals surface area contributed by atoms with E-state index in [2.05, 4.69) is 340 Å². The van der Waals surface area contributed by atoms with Crippen molar-refractivity contribution in [1.82, 2.24) is 0 Å². The maximum atomic E-state index is 2.64. The number of hydrogen-bond acceptors (Lipinski definition) is 4. The van der Waals surface area contributed by atoms with E-state index in [4.69, 9.17) is 0 Å². The second kappa shape index (κ2) is 20.5. The van der Waals surface area contributed by atoms with Crippen molar-refractivity contribution in [2.75, 3.05) is 19.6 Å². The monoisotopic (exact) mass is 1070 g/mol. The number of para-hydroxylation sites is 4. The molecular weight excluding hydrogens is 992 g/mol. The first-order valence-corrected chi connectivity index (χ1v) is 29.4. The van der Waals surface area contributed by atoms with Crippen molar-refractivity contribution in [2.45, 2.75) is 112 Å². The van der Waals surface area contributed by atoms with Crippen LogP contribution in [0, 0.1) is 6.92 Å². The van der Waals surface area contributed by atoms with Crippen LogP contribution in [0.3, 0.4) is 0 Å². The molecule has 5 heteroatoms. The number of anilines is 12. The summed E-state index contributed by atoms with van der Waals surface area (Å²) in [5.41, 5.74) is 26.1. The van der Waals surface area contributed by atoms with Crippen molar-refractivity contribution in [1.29, 1.82) is 0 Å². The van der Waals surface area contributed by atoms with Gasteiger partial charge >= 0.3 is 0 Å². The Labute approximate surface area is 489 Å². The summed E-state index contributed by atoms with van der Waals surface area (Å²) in [6, 6.07) is 86.6. The van der Waals surface area contributed by atoms with Crippen molar-refractivity contribution in [3.8, 4) is 11.1 Å². The summed E-state index contributed by atoms with van der Waals surface area (Å²) < 4.78 is 0. The smallest absolute Gasteiger partial charge is 0.252 e. The molecule has 0 unspecified atom stereocenters. The van der Waals surface area contributed by atoms with E-state index in [-0.39, 0.29) is 28.4 Å². The number of nitrogens with zero attached hydrogens (tertiary/aromatic N) is 4. The summed E-state index contributed by atoms with van der Waals surface area (Å²) in [4.78, 5) is 10.0. The molecule has 0 radical (unpaired) electrons. The topological polar surface area (TPSA) is 13.0 Å². The predicted octanol–water partition coefficient (Wildman–Crippen LogP) is 19.9. The predicted molar refractivity (Wildman–Crippen MR) is 355 cm³/mol. The van der Waals surface area contributed by atoms with Crippen LogP contribution in [0.5, 0.6) is 0 Å². The van der Waals surface area contributed by atoms with Gasteiger partial charge in [0.05, 0.1) is 5.69 Å². The lowest BCUT2D eigenvalue weighted by Crippen LogP contribution is -2.61. The fourth-order valence-corrected chi connectivity index (χ4v) is 12.6. The quantitative estimate of drug-likeness (QED) is 0.134. The molecule has 0 spiro atoms. The van der Waals surface area contributed by atoms with E-state index in [1.807, 2.05) is 0 Å². The Bertz CT molecular complexity index is 3890. The Morgan fingerprint density at radius 2 is 0.744 bits per heavy atom. The lowest BCUT2D eigenvalue weighted by molar-refractivity contribution is 0.530. The fraction of sp³-hybridized carbons (Fsp3) is 0.221. The Balaban J connectivity index is 1.18. The summed E-state index contributed by atoms with van der Waals surface area (Å²) in [6.07, 6.45) is 0. The first kappa shape index (κ1) is 54.1. The second-order valence-electron chi connectivity index (χ2n) is 26.9. The molecule has 0 fully saturated rings. The zero-order chi connectivity index (χ0) is 57.5. The Kier molecular flexibility index (Phi) is 13.5.